The van der Waals surface area contributed by atoms with Gasteiger partial charge in [-0.3, -0.25) is 4.57 Å². The maximum atomic E-state index is 11.7. The van der Waals surface area contributed by atoms with E-state index >= 15 is 0 Å². The van der Waals surface area contributed by atoms with Gasteiger partial charge >= 0.3 is 5.69 Å². The molecule has 0 saturated heterocycles. The summed E-state index contributed by atoms with van der Waals surface area (Å²) in [5, 5.41) is 0. The van der Waals surface area contributed by atoms with Crippen LogP contribution in [0.5, 0.6) is 0 Å². The Morgan fingerprint density at radius 1 is 1.43 bits per heavy atom. The van der Waals surface area contributed by atoms with Crippen molar-refractivity contribution in [2.45, 2.75) is 18.9 Å². The zero-order valence-corrected chi connectivity index (χ0v) is 9.04. The second-order valence-electron chi connectivity index (χ2n) is 3.67. The standard InChI is InChI=1S/C10H9BrN2O/c11-7-2-1-3-8-9(7)12-10(14)13(8)6-4-5-6/h1-3,6H,4-5H2,(H,12,14). The molecular weight excluding hydrogens is 244 g/mol. The third-order valence-corrected chi connectivity index (χ3v) is 3.27. The number of H-pyrrole nitrogens is 1. The van der Waals surface area contributed by atoms with Crippen molar-refractivity contribution in [1.29, 1.82) is 0 Å². The molecule has 14 heavy (non-hydrogen) atoms. The van der Waals surface area contributed by atoms with Gasteiger partial charge in [0.2, 0.25) is 0 Å². The fraction of sp³-hybridized carbons (Fsp3) is 0.300. The summed E-state index contributed by atoms with van der Waals surface area (Å²) < 4.78 is 2.81. The van der Waals surface area contributed by atoms with Gasteiger partial charge < -0.3 is 4.98 Å². The van der Waals surface area contributed by atoms with E-state index in [-0.39, 0.29) is 5.69 Å². The first-order chi connectivity index (χ1) is 6.77. The van der Waals surface area contributed by atoms with Crippen molar-refractivity contribution in [3.8, 4) is 0 Å². The van der Waals surface area contributed by atoms with Crippen molar-refractivity contribution in [1.82, 2.24) is 9.55 Å². The van der Waals surface area contributed by atoms with E-state index in [0.29, 0.717) is 6.04 Å². The molecule has 1 aromatic carbocycles. The van der Waals surface area contributed by atoms with Gasteiger partial charge in [0, 0.05) is 10.5 Å². The summed E-state index contributed by atoms with van der Waals surface area (Å²) in [5.74, 6) is 0. The van der Waals surface area contributed by atoms with Crippen LogP contribution in [0.4, 0.5) is 0 Å². The first-order valence-electron chi connectivity index (χ1n) is 4.66. The number of hydrogen-bond acceptors (Lipinski definition) is 1. The van der Waals surface area contributed by atoms with E-state index in [2.05, 4.69) is 20.9 Å². The van der Waals surface area contributed by atoms with Crippen LogP contribution in [-0.2, 0) is 0 Å². The summed E-state index contributed by atoms with van der Waals surface area (Å²) >= 11 is 3.43. The molecule has 1 N–H and O–H groups in total. The van der Waals surface area contributed by atoms with Crippen molar-refractivity contribution < 1.29 is 0 Å². The van der Waals surface area contributed by atoms with Gasteiger partial charge in [-0.1, -0.05) is 6.07 Å². The van der Waals surface area contributed by atoms with Gasteiger partial charge in [-0.25, -0.2) is 4.79 Å². The van der Waals surface area contributed by atoms with Crippen LogP contribution in [0.2, 0.25) is 0 Å². The summed E-state index contributed by atoms with van der Waals surface area (Å²) in [6, 6.07) is 6.30. The first-order valence-corrected chi connectivity index (χ1v) is 5.45. The second kappa shape index (κ2) is 2.73. The number of aromatic nitrogens is 2. The largest absolute Gasteiger partial charge is 0.326 e. The fourth-order valence-corrected chi connectivity index (χ4v) is 2.26. The number of nitrogens with one attached hydrogen (secondary N) is 1. The lowest BCUT2D eigenvalue weighted by Crippen LogP contribution is -2.14. The number of halogens is 1. The highest BCUT2D eigenvalue weighted by Crippen LogP contribution is 2.36. The monoisotopic (exact) mass is 252 g/mol. The number of aromatic amines is 1. The molecule has 0 unspecified atom stereocenters. The van der Waals surface area contributed by atoms with E-state index in [4.69, 9.17) is 0 Å². The molecule has 0 bridgehead atoms. The number of imidazole rings is 1. The first kappa shape index (κ1) is 8.29. The molecule has 3 rings (SSSR count). The SMILES string of the molecule is O=c1[nH]c2c(Br)cccc2n1C1CC1. The molecule has 72 valence electrons. The minimum atomic E-state index is 0.00870. The summed E-state index contributed by atoms with van der Waals surface area (Å²) in [6.45, 7) is 0. The van der Waals surface area contributed by atoms with E-state index in [9.17, 15) is 4.79 Å². The third kappa shape index (κ3) is 1.07. The van der Waals surface area contributed by atoms with E-state index < -0.39 is 0 Å². The van der Waals surface area contributed by atoms with Crippen molar-refractivity contribution >= 4 is 27.0 Å². The molecule has 0 aliphatic heterocycles. The fourth-order valence-electron chi connectivity index (χ4n) is 1.81. The number of fused-ring (bicyclic) bond motifs is 1. The number of rotatable bonds is 1. The average Bonchev–Trinajstić information content (AvgIpc) is 2.91. The zero-order chi connectivity index (χ0) is 9.71. The molecule has 1 aromatic heterocycles. The Labute approximate surface area is 88.9 Å². The molecule has 0 radical (unpaired) electrons. The van der Waals surface area contributed by atoms with Gasteiger partial charge in [-0.2, -0.15) is 0 Å². The Morgan fingerprint density at radius 3 is 2.93 bits per heavy atom. The molecule has 1 fully saturated rings. The summed E-state index contributed by atoms with van der Waals surface area (Å²) in [4.78, 5) is 14.5. The Hall–Kier alpha value is -1.03. The number of benzene rings is 1. The topological polar surface area (TPSA) is 37.8 Å². The van der Waals surface area contributed by atoms with Crippen LogP contribution in [-0.4, -0.2) is 9.55 Å². The highest BCUT2D eigenvalue weighted by molar-refractivity contribution is 9.10. The number of para-hydroxylation sites is 1. The van der Waals surface area contributed by atoms with E-state index in [1.807, 2.05) is 22.8 Å². The van der Waals surface area contributed by atoms with Crippen LogP contribution in [0.3, 0.4) is 0 Å². The van der Waals surface area contributed by atoms with Gasteiger partial charge in [-0.05, 0) is 40.9 Å². The number of hydrogen-bond donors (Lipinski definition) is 1. The van der Waals surface area contributed by atoms with Crippen molar-refractivity contribution in [2.75, 3.05) is 0 Å². The minimum absolute atomic E-state index is 0.00870. The molecule has 0 atom stereocenters. The number of nitrogens with zero attached hydrogens (tertiary/aromatic N) is 1. The lowest BCUT2D eigenvalue weighted by molar-refractivity contribution is 0.733. The van der Waals surface area contributed by atoms with Gasteiger partial charge in [0.1, 0.15) is 0 Å². The van der Waals surface area contributed by atoms with Crippen LogP contribution < -0.4 is 5.69 Å². The average molecular weight is 253 g/mol. The molecule has 3 nitrogen and oxygen atoms in total. The van der Waals surface area contributed by atoms with Crippen LogP contribution in [0.25, 0.3) is 11.0 Å². The van der Waals surface area contributed by atoms with Crippen LogP contribution in [0, 0.1) is 0 Å². The van der Waals surface area contributed by atoms with Crippen LogP contribution >= 0.6 is 15.9 Å². The summed E-state index contributed by atoms with van der Waals surface area (Å²) in [6.07, 6.45) is 2.25. The molecule has 2 aromatic rings. The second-order valence-corrected chi connectivity index (χ2v) is 4.52. The quantitative estimate of drug-likeness (QED) is 0.832. The zero-order valence-electron chi connectivity index (χ0n) is 7.46. The van der Waals surface area contributed by atoms with E-state index in [0.717, 1.165) is 28.3 Å². The van der Waals surface area contributed by atoms with Gasteiger partial charge in [0.05, 0.1) is 11.0 Å². The normalized spacial score (nSPS) is 16.4. The smallest absolute Gasteiger partial charge is 0.305 e. The third-order valence-electron chi connectivity index (χ3n) is 2.61. The molecule has 1 aliphatic carbocycles. The lowest BCUT2D eigenvalue weighted by Gasteiger charge is -1.99. The highest BCUT2D eigenvalue weighted by atomic mass is 79.9. The Kier molecular flexibility index (Phi) is 1.62. The van der Waals surface area contributed by atoms with Gasteiger partial charge in [0.25, 0.3) is 0 Å². The molecule has 4 heteroatoms. The Bertz CT molecular complexity index is 551. The lowest BCUT2D eigenvalue weighted by atomic mass is 10.3. The molecule has 1 aliphatic rings. The van der Waals surface area contributed by atoms with Crippen molar-refractivity contribution in [2.24, 2.45) is 0 Å². The predicted octanol–water partition coefficient (Wildman–Crippen LogP) is 2.43. The van der Waals surface area contributed by atoms with Gasteiger partial charge in [-0.15, -0.1) is 0 Å². The predicted molar refractivity (Wildman–Crippen MR) is 58.5 cm³/mol. The van der Waals surface area contributed by atoms with Crippen molar-refractivity contribution in [3.63, 3.8) is 0 Å². The highest BCUT2D eigenvalue weighted by Gasteiger charge is 2.27. The van der Waals surface area contributed by atoms with E-state index in [1.54, 1.807) is 0 Å². The summed E-state index contributed by atoms with van der Waals surface area (Å²) in [5.41, 5.74) is 1.92. The van der Waals surface area contributed by atoms with Crippen LogP contribution in [0.1, 0.15) is 18.9 Å². The van der Waals surface area contributed by atoms with Crippen molar-refractivity contribution in [3.05, 3.63) is 33.2 Å². The van der Waals surface area contributed by atoms with E-state index in [1.165, 1.54) is 0 Å². The molecule has 1 heterocycles. The van der Waals surface area contributed by atoms with Gasteiger partial charge in [0.15, 0.2) is 0 Å². The molecular formula is C10H9BrN2O. The Morgan fingerprint density at radius 2 is 2.21 bits per heavy atom. The molecule has 0 spiro atoms. The van der Waals surface area contributed by atoms with Crippen LogP contribution in [0.15, 0.2) is 27.5 Å². The Balaban J connectivity index is 2.43. The summed E-state index contributed by atoms with van der Waals surface area (Å²) in [7, 11) is 0. The maximum absolute atomic E-state index is 11.7. The maximum Gasteiger partial charge on any atom is 0.326 e. The minimum Gasteiger partial charge on any atom is -0.305 e. The molecule has 1 saturated carbocycles. The molecule has 0 amide bonds.